The van der Waals surface area contributed by atoms with Gasteiger partial charge in [-0.25, -0.2) is 0 Å². The molecule has 0 fully saturated rings. The zero-order valence-corrected chi connectivity index (χ0v) is 10.3. The average Bonchev–Trinajstić information content (AvgIpc) is 2.45. The molecule has 1 aromatic rings. The summed E-state index contributed by atoms with van der Waals surface area (Å²) in [6, 6.07) is 8.48. The Morgan fingerprint density at radius 1 is 1.42 bits per heavy atom. The van der Waals surface area contributed by atoms with E-state index in [0.717, 1.165) is 5.56 Å². The summed E-state index contributed by atoms with van der Waals surface area (Å²) in [5.74, 6) is 4.46. The van der Waals surface area contributed by atoms with E-state index in [-0.39, 0.29) is 18.9 Å². The van der Waals surface area contributed by atoms with Crippen molar-refractivity contribution in [2.24, 2.45) is 16.7 Å². The number of hydrogen-bond acceptors (Lipinski definition) is 5. The molecule has 1 rings (SSSR count). The lowest BCUT2D eigenvalue weighted by molar-refractivity contribution is -0.145. The molecule has 0 aliphatic carbocycles. The lowest BCUT2D eigenvalue weighted by Gasteiger charge is -2.14. The van der Waals surface area contributed by atoms with Crippen LogP contribution in [0, 0.1) is 0 Å². The van der Waals surface area contributed by atoms with Crippen molar-refractivity contribution >= 4 is 18.2 Å². The quantitative estimate of drug-likeness (QED) is 0.153. The summed E-state index contributed by atoms with van der Waals surface area (Å²) in [6.45, 7) is 0.160. The number of carbonyl (C=O) groups excluding carboxylic acids is 2. The molecule has 19 heavy (non-hydrogen) atoms. The van der Waals surface area contributed by atoms with Crippen LogP contribution in [-0.2, 0) is 20.9 Å². The van der Waals surface area contributed by atoms with E-state index in [9.17, 15) is 9.59 Å². The van der Waals surface area contributed by atoms with E-state index in [1.807, 2.05) is 30.3 Å². The van der Waals surface area contributed by atoms with Gasteiger partial charge in [0.1, 0.15) is 12.4 Å². The number of amidine groups is 1. The van der Waals surface area contributed by atoms with Gasteiger partial charge in [0.2, 0.25) is 6.41 Å². The van der Waals surface area contributed by atoms with E-state index in [4.69, 9.17) is 16.3 Å². The van der Waals surface area contributed by atoms with Gasteiger partial charge >= 0.3 is 5.97 Å². The molecule has 0 saturated carbocycles. The second-order valence-electron chi connectivity index (χ2n) is 3.74. The highest BCUT2D eigenvalue weighted by Gasteiger charge is 2.18. The zero-order chi connectivity index (χ0) is 14.1. The van der Waals surface area contributed by atoms with Crippen molar-refractivity contribution in [3.63, 3.8) is 0 Å². The molecule has 0 aliphatic heterocycles. The van der Waals surface area contributed by atoms with Crippen molar-refractivity contribution in [2.45, 2.75) is 19.1 Å². The fourth-order valence-corrected chi connectivity index (χ4v) is 1.38. The molecule has 1 atom stereocenters. The van der Waals surface area contributed by atoms with Crippen LogP contribution in [0.2, 0.25) is 0 Å². The highest BCUT2D eigenvalue weighted by atomic mass is 16.5. The monoisotopic (exact) mass is 264 g/mol. The van der Waals surface area contributed by atoms with Gasteiger partial charge in [-0.3, -0.25) is 9.59 Å². The van der Waals surface area contributed by atoms with E-state index in [1.54, 1.807) is 0 Å². The van der Waals surface area contributed by atoms with Gasteiger partial charge in [-0.05, 0) is 5.56 Å². The van der Waals surface area contributed by atoms with E-state index >= 15 is 0 Å². The number of hydrazone groups is 1. The predicted molar refractivity (Wildman–Crippen MR) is 69.7 cm³/mol. The third-order valence-electron chi connectivity index (χ3n) is 2.39. The summed E-state index contributed by atoms with van der Waals surface area (Å²) in [5.41, 5.74) is 6.33. The Bertz CT molecular complexity index is 448. The lowest BCUT2D eigenvalue weighted by atomic mass is 10.2. The summed E-state index contributed by atoms with van der Waals surface area (Å²) >= 11 is 0. The molecule has 102 valence electrons. The standard InChI is InChI=1S/C12H16N4O3/c13-12(16-14)10(15-8-17)6-11(18)19-7-9-4-2-1-3-5-9/h1-5,8,10H,6-7,14H2,(H2,13,16)(H,15,17). The van der Waals surface area contributed by atoms with Gasteiger partial charge in [-0.15, -0.1) is 0 Å². The maximum Gasteiger partial charge on any atom is 0.308 e. The molecule has 0 spiro atoms. The first-order chi connectivity index (χ1) is 9.17. The van der Waals surface area contributed by atoms with Gasteiger partial charge in [0.05, 0.1) is 12.5 Å². The number of nitrogens with two attached hydrogens (primary N) is 2. The van der Waals surface area contributed by atoms with Crippen molar-refractivity contribution in [3.8, 4) is 0 Å². The maximum absolute atomic E-state index is 11.6. The fourth-order valence-electron chi connectivity index (χ4n) is 1.38. The number of ether oxygens (including phenoxy) is 1. The zero-order valence-electron chi connectivity index (χ0n) is 10.3. The van der Waals surface area contributed by atoms with Gasteiger partial charge in [-0.2, -0.15) is 5.10 Å². The number of amides is 1. The van der Waals surface area contributed by atoms with Gasteiger partial charge in [0.25, 0.3) is 0 Å². The highest BCUT2D eigenvalue weighted by molar-refractivity contribution is 5.90. The van der Waals surface area contributed by atoms with Gasteiger partial charge in [-0.1, -0.05) is 30.3 Å². The third kappa shape index (κ3) is 5.07. The normalized spacial score (nSPS) is 12.5. The Morgan fingerprint density at radius 2 is 2.11 bits per heavy atom. The average molecular weight is 264 g/mol. The van der Waals surface area contributed by atoms with E-state index in [1.165, 1.54) is 0 Å². The SMILES string of the molecule is N/N=C(\N)C(CC(=O)OCc1ccccc1)NC=O. The second-order valence-corrected chi connectivity index (χ2v) is 3.74. The number of esters is 1. The number of benzene rings is 1. The number of nitrogens with zero attached hydrogens (tertiary/aromatic N) is 1. The molecular weight excluding hydrogens is 248 g/mol. The Hall–Kier alpha value is -2.57. The first-order valence-corrected chi connectivity index (χ1v) is 5.60. The van der Waals surface area contributed by atoms with Crippen LogP contribution in [0.25, 0.3) is 0 Å². The number of hydrogen-bond donors (Lipinski definition) is 3. The topological polar surface area (TPSA) is 120 Å². The van der Waals surface area contributed by atoms with E-state index in [2.05, 4.69) is 10.4 Å². The van der Waals surface area contributed by atoms with Crippen LogP contribution in [0.3, 0.4) is 0 Å². The van der Waals surface area contributed by atoms with Crippen LogP contribution < -0.4 is 16.9 Å². The molecule has 1 aromatic carbocycles. The van der Waals surface area contributed by atoms with Crippen LogP contribution in [0.1, 0.15) is 12.0 Å². The van der Waals surface area contributed by atoms with E-state index < -0.39 is 12.0 Å². The van der Waals surface area contributed by atoms with Crippen LogP contribution in [-0.4, -0.2) is 24.3 Å². The largest absolute Gasteiger partial charge is 0.461 e. The molecule has 0 aromatic heterocycles. The van der Waals surface area contributed by atoms with Crippen molar-refractivity contribution in [1.82, 2.24) is 5.32 Å². The van der Waals surface area contributed by atoms with Crippen molar-refractivity contribution in [2.75, 3.05) is 0 Å². The molecule has 7 heteroatoms. The smallest absolute Gasteiger partial charge is 0.308 e. The van der Waals surface area contributed by atoms with Crippen LogP contribution in [0.5, 0.6) is 0 Å². The molecule has 1 amide bonds. The third-order valence-corrected chi connectivity index (χ3v) is 2.39. The van der Waals surface area contributed by atoms with Crippen molar-refractivity contribution in [1.29, 1.82) is 0 Å². The highest BCUT2D eigenvalue weighted by Crippen LogP contribution is 2.03. The number of rotatable bonds is 7. The Morgan fingerprint density at radius 3 is 2.68 bits per heavy atom. The minimum absolute atomic E-state index is 0.0382. The minimum atomic E-state index is -0.759. The summed E-state index contributed by atoms with van der Waals surface area (Å²) < 4.78 is 5.05. The van der Waals surface area contributed by atoms with Crippen molar-refractivity contribution in [3.05, 3.63) is 35.9 Å². The molecule has 7 nitrogen and oxygen atoms in total. The lowest BCUT2D eigenvalue weighted by Crippen LogP contribution is -2.43. The second kappa shape index (κ2) is 7.70. The molecule has 0 heterocycles. The van der Waals surface area contributed by atoms with Gasteiger partial charge in [0, 0.05) is 0 Å². The molecule has 0 bridgehead atoms. The Balaban J connectivity index is 2.47. The molecular formula is C12H16N4O3. The Kier molecular flexibility index (Phi) is 5.87. The molecule has 1 unspecified atom stereocenters. The van der Waals surface area contributed by atoms with Crippen LogP contribution in [0.4, 0.5) is 0 Å². The summed E-state index contributed by atoms with van der Waals surface area (Å²) in [6.07, 6.45) is 0.297. The predicted octanol–water partition coefficient (Wildman–Crippen LogP) is -0.535. The number of carbonyl (C=O) groups is 2. The molecule has 0 aliphatic rings. The Labute approximate surface area is 110 Å². The summed E-state index contributed by atoms with van der Waals surface area (Å²) in [7, 11) is 0. The maximum atomic E-state index is 11.6. The van der Waals surface area contributed by atoms with Gasteiger partial charge < -0.3 is 21.6 Å². The first-order valence-electron chi connectivity index (χ1n) is 5.60. The van der Waals surface area contributed by atoms with E-state index in [0.29, 0.717) is 6.41 Å². The summed E-state index contributed by atoms with van der Waals surface area (Å²) in [4.78, 5) is 22.0. The van der Waals surface area contributed by atoms with Gasteiger partial charge in [0.15, 0.2) is 0 Å². The molecule has 0 radical (unpaired) electrons. The summed E-state index contributed by atoms with van der Waals surface area (Å²) in [5, 5.41) is 5.59. The minimum Gasteiger partial charge on any atom is -0.461 e. The van der Waals surface area contributed by atoms with Crippen LogP contribution >= 0.6 is 0 Å². The van der Waals surface area contributed by atoms with Crippen molar-refractivity contribution < 1.29 is 14.3 Å². The number of nitrogens with one attached hydrogen (secondary N) is 1. The fraction of sp³-hybridized carbons (Fsp3) is 0.250. The molecule has 5 N–H and O–H groups in total. The first kappa shape index (κ1) is 14.5. The van der Waals surface area contributed by atoms with Crippen LogP contribution in [0.15, 0.2) is 35.4 Å². The molecule has 0 saturated heterocycles.